The van der Waals surface area contributed by atoms with Gasteiger partial charge in [-0.1, -0.05) is 0 Å². The topological polar surface area (TPSA) is 487 Å². The Labute approximate surface area is 263 Å². The van der Waals surface area contributed by atoms with E-state index in [1.807, 2.05) is 0 Å². The van der Waals surface area contributed by atoms with Gasteiger partial charge in [0.05, 0.1) is 0 Å². The van der Waals surface area contributed by atoms with Crippen LogP contribution in [-0.2, 0) is 158 Å². The van der Waals surface area contributed by atoms with Crippen molar-refractivity contribution in [2.24, 2.45) is 0 Å². The molecule has 0 aliphatic carbocycles. The number of hydrogen-bond acceptors (Lipinski definition) is 25. The summed E-state index contributed by atoms with van der Waals surface area (Å²) in [5.41, 5.74) is 0. The minimum atomic E-state index is -7.72. The predicted molar refractivity (Wildman–Crippen MR) is 10.3 cm³/mol. The van der Waals surface area contributed by atoms with Crippen LogP contribution in [0.25, 0.3) is 0 Å². The molecule has 0 atom stereocenters. The Kier molecular flexibility index (Phi) is 28.4. The number of hydrogen-bond donors (Lipinski definition) is 0. The van der Waals surface area contributed by atoms with Crippen molar-refractivity contribution in [3.05, 3.63) is 0 Å². The van der Waals surface area contributed by atoms with E-state index in [9.17, 15) is 0 Å². The molecular weight excluding hydrogens is 1300 g/mol. The fourth-order valence-electron chi connectivity index (χ4n) is 0. The molecule has 214 valence electrons. The van der Waals surface area contributed by atoms with Crippen molar-refractivity contribution in [3.8, 4) is 0 Å². The summed E-state index contributed by atoms with van der Waals surface area (Å²) in [6, 6.07) is 0. The first kappa shape index (κ1) is 61.2. The third-order valence-electron chi connectivity index (χ3n) is 0. The summed E-state index contributed by atoms with van der Waals surface area (Å²) in [4.78, 5) is 0. The van der Waals surface area contributed by atoms with Crippen molar-refractivity contribution in [1.29, 1.82) is 0 Å². The third-order valence-corrected chi connectivity index (χ3v) is 0. The predicted octanol–water partition coefficient (Wildman–Crippen LogP) is -13.7. The Morgan fingerprint density at radius 3 is 0.235 bits per heavy atom. The van der Waals surface area contributed by atoms with E-state index in [4.69, 9.17) is 92.9 Å². The van der Waals surface area contributed by atoms with Crippen molar-refractivity contribution in [1.82, 2.24) is 0 Å². The van der Waals surface area contributed by atoms with Crippen molar-refractivity contribution < 1.29 is 269 Å². The van der Waals surface area contributed by atoms with Crippen LogP contribution in [0.1, 0.15) is 0 Å². The van der Waals surface area contributed by atoms with Gasteiger partial charge >= 0.3 is 269 Å². The normalized spacial score (nSPS) is 16.5. The fourth-order valence-corrected chi connectivity index (χ4v) is 0. The maximum atomic E-state index is 8.64. The standard InChI is InChI=1S/2Co.2La.25O.5Ru/q2*+2;2*+3;;;;;;;;;;;;;;;;10*-1;;;;;. The summed E-state index contributed by atoms with van der Waals surface area (Å²) in [6.45, 7) is 0. The molecule has 0 aromatic carbocycles. The second-order valence-electron chi connectivity index (χ2n) is 2.95. The second kappa shape index (κ2) is 15.8. The van der Waals surface area contributed by atoms with E-state index >= 15 is 0 Å². The summed E-state index contributed by atoms with van der Waals surface area (Å²) in [7, 11) is 0. The molecule has 0 heterocycles. The summed E-state index contributed by atoms with van der Waals surface area (Å²) >= 11 is -38.6. The second-order valence-corrected chi connectivity index (χ2v) is 17.4. The zero-order chi connectivity index (χ0) is 27.2. The molecule has 0 N–H and O–H groups in total. The van der Waals surface area contributed by atoms with Crippen molar-refractivity contribution in [2.45, 2.75) is 0 Å². The van der Waals surface area contributed by atoms with Crippen molar-refractivity contribution >= 4 is 0 Å². The monoisotopic (exact) mass is 1310 g/mol. The van der Waals surface area contributed by atoms with E-state index in [2.05, 4.69) is 0 Å². The molecule has 0 aromatic rings. The zero-order valence-corrected chi connectivity index (χ0v) is 31.8. The van der Waals surface area contributed by atoms with Crippen LogP contribution < -0.4 is 39.3 Å². The molecule has 0 spiro atoms. The average Bonchev–Trinajstić information content (AvgIpc) is 1.67. The molecule has 0 rings (SSSR count). The van der Waals surface area contributed by atoms with Crippen LogP contribution in [-0.4, -0.2) is 0 Å². The molecule has 0 saturated carbocycles. The van der Waals surface area contributed by atoms with Gasteiger partial charge in [-0.05, 0) is 0 Å². The maximum absolute atomic E-state index is 8.64. The van der Waals surface area contributed by atoms with Gasteiger partial charge in [0.25, 0.3) is 0 Å². The Morgan fingerprint density at radius 2 is 0.235 bits per heavy atom. The van der Waals surface area contributed by atoms with Crippen LogP contribution in [0, 0.1) is 71.2 Å². The van der Waals surface area contributed by atoms with Crippen LogP contribution >= 0.6 is 0 Å². The van der Waals surface area contributed by atoms with E-state index in [-0.39, 0.29) is 105 Å². The summed E-state index contributed by atoms with van der Waals surface area (Å²) in [5.74, 6) is 0. The van der Waals surface area contributed by atoms with Gasteiger partial charge in [-0.25, -0.2) is 0 Å². The van der Waals surface area contributed by atoms with Gasteiger partial charge in [-0.3, -0.25) is 0 Å². The SMILES string of the molecule is [Co+2].[Co+2].[La+3].[La+3].[O]=[Ru](=[O])(=[O])([O-])[O-].[O]=[Ru](=[O])(=[O])([O-])[O-].[O]=[Ru](=[O])(=[O])([O-])[O-].[O]=[Ru](=[O])(=[O])([O-])[O-].[O]=[Ru](=[O])(=[O])([O-])[O-]. The van der Waals surface area contributed by atoms with E-state index < -0.39 is 70.9 Å². The van der Waals surface area contributed by atoms with Crippen LogP contribution in [0.4, 0.5) is 0 Å². The Balaban J connectivity index is -0.0000000319. The van der Waals surface area contributed by atoms with Gasteiger partial charge in [0.2, 0.25) is 0 Å². The Morgan fingerprint density at radius 1 is 0.235 bits per heavy atom. The quantitative estimate of drug-likeness (QED) is 0.203. The first-order valence-corrected chi connectivity index (χ1v) is 21.3. The van der Waals surface area contributed by atoms with Gasteiger partial charge in [0, 0.05) is 0 Å². The first-order valence-electron chi connectivity index (χ1n) is 3.61. The molecule has 0 aromatic heterocycles. The van der Waals surface area contributed by atoms with E-state index in [1.54, 1.807) is 0 Å². The number of rotatable bonds is 0. The van der Waals surface area contributed by atoms with E-state index in [0.717, 1.165) is 0 Å². The van der Waals surface area contributed by atoms with Crippen LogP contribution in [0.3, 0.4) is 0 Å². The van der Waals surface area contributed by atoms with Crippen LogP contribution in [0.5, 0.6) is 0 Å². The summed E-state index contributed by atoms with van der Waals surface area (Å²) < 4.78 is 216. The van der Waals surface area contributed by atoms with E-state index in [1.165, 1.54) is 0 Å². The summed E-state index contributed by atoms with van der Waals surface area (Å²) in [5, 5.41) is 0. The molecule has 2 radical (unpaired) electrons. The van der Waals surface area contributed by atoms with Crippen molar-refractivity contribution in [3.63, 3.8) is 0 Å². The fraction of sp³-hybridized carbons (Fsp3) is 0. The van der Waals surface area contributed by atoms with Gasteiger partial charge in [0.1, 0.15) is 0 Å². The molecule has 0 bridgehead atoms. The molecule has 0 aliphatic rings. The molecule has 34 heteroatoms. The average molecular weight is 1300 g/mol. The molecule has 25 nitrogen and oxygen atoms in total. The minimum absolute atomic E-state index is 0. The third kappa shape index (κ3) is 4200. The van der Waals surface area contributed by atoms with Gasteiger partial charge in [0.15, 0.2) is 0 Å². The van der Waals surface area contributed by atoms with Gasteiger partial charge < -0.3 is 0 Å². The van der Waals surface area contributed by atoms with Crippen LogP contribution in [0.2, 0.25) is 0 Å². The van der Waals surface area contributed by atoms with Crippen molar-refractivity contribution in [2.75, 3.05) is 0 Å². The van der Waals surface area contributed by atoms with Gasteiger partial charge in [-0.15, -0.1) is 0 Å². The van der Waals surface area contributed by atoms with Gasteiger partial charge in [-0.2, -0.15) is 0 Å². The summed E-state index contributed by atoms with van der Waals surface area (Å²) in [6.07, 6.45) is 0. The molecule has 0 unspecified atom stereocenters. The Bertz CT molecular complexity index is 1260. The molecule has 34 heavy (non-hydrogen) atoms. The molecule has 0 amide bonds. The zero-order valence-electron chi connectivity index (χ0n) is 13.8. The molecule has 0 saturated heterocycles. The molecule has 0 aliphatic heterocycles. The Hall–Kier alpha value is 3.12. The van der Waals surface area contributed by atoms with Crippen LogP contribution in [0.15, 0.2) is 0 Å². The first-order chi connectivity index (χ1) is 11.2. The molecular formula is Co2La2O25Ru5. The molecule has 0 fully saturated rings. The van der Waals surface area contributed by atoms with E-state index in [0.29, 0.717) is 0 Å².